The van der Waals surface area contributed by atoms with Crippen LogP contribution in [0.2, 0.25) is 0 Å². The summed E-state index contributed by atoms with van der Waals surface area (Å²) in [4.78, 5) is 8.53. The first-order valence-corrected chi connectivity index (χ1v) is 6.30. The molecule has 1 aliphatic rings. The van der Waals surface area contributed by atoms with Gasteiger partial charge in [-0.25, -0.2) is 9.97 Å². The number of anilines is 1. The van der Waals surface area contributed by atoms with Gasteiger partial charge in [0.1, 0.15) is 16.2 Å². The Balaban J connectivity index is 2.02. The molecular formula is C11H16BrN3O. The van der Waals surface area contributed by atoms with E-state index in [-0.39, 0.29) is 0 Å². The van der Waals surface area contributed by atoms with Crippen molar-refractivity contribution in [3.05, 3.63) is 16.5 Å². The lowest BCUT2D eigenvalue weighted by atomic mass is 10.0. The molecule has 1 aromatic heterocycles. The van der Waals surface area contributed by atoms with Crippen LogP contribution in [0.3, 0.4) is 0 Å². The van der Waals surface area contributed by atoms with Crippen molar-refractivity contribution in [2.24, 2.45) is 5.92 Å². The fourth-order valence-corrected chi connectivity index (χ4v) is 2.38. The lowest BCUT2D eigenvalue weighted by Gasteiger charge is -2.19. The lowest BCUT2D eigenvalue weighted by molar-refractivity contribution is 0.183. The summed E-state index contributed by atoms with van der Waals surface area (Å²) in [6, 6.07) is 2.28. The van der Waals surface area contributed by atoms with Gasteiger partial charge >= 0.3 is 0 Å². The number of aryl methyl sites for hydroxylation is 1. The monoisotopic (exact) mass is 285 g/mol. The fourth-order valence-electron chi connectivity index (χ4n) is 1.90. The summed E-state index contributed by atoms with van der Waals surface area (Å²) in [6.45, 7) is 5.78. The van der Waals surface area contributed by atoms with E-state index in [1.165, 1.54) is 0 Å². The molecule has 0 aromatic carbocycles. The third-order valence-electron chi connectivity index (χ3n) is 2.85. The van der Waals surface area contributed by atoms with Crippen LogP contribution in [0.5, 0.6) is 0 Å². The van der Waals surface area contributed by atoms with Crippen molar-refractivity contribution in [2.75, 3.05) is 18.5 Å². The van der Waals surface area contributed by atoms with Gasteiger partial charge in [0.15, 0.2) is 0 Å². The minimum Gasteiger partial charge on any atom is -0.381 e. The predicted octanol–water partition coefficient (Wildman–Crippen LogP) is 2.38. The van der Waals surface area contributed by atoms with Crippen molar-refractivity contribution in [2.45, 2.75) is 26.3 Å². The minimum absolute atomic E-state index is 0.378. The summed E-state index contributed by atoms with van der Waals surface area (Å²) < 4.78 is 6.20. The number of hydrogen-bond donors (Lipinski definition) is 1. The van der Waals surface area contributed by atoms with Gasteiger partial charge in [0.2, 0.25) is 0 Å². The number of nitrogens with zero attached hydrogens (tertiary/aromatic N) is 2. The number of halogens is 1. The highest BCUT2D eigenvalue weighted by Gasteiger charge is 2.22. The van der Waals surface area contributed by atoms with E-state index < -0.39 is 0 Å². The van der Waals surface area contributed by atoms with E-state index in [4.69, 9.17) is 4.74 Å². The number of rotatable bonds is 3. The standard InChI is InChI=1S/C11H16BrN3O/c1-7(9-3-4-16-6-9)13-11-5-10(12)14-8(2)15-11/h5,7,9H,3-4,6H2,1-2H3,(H,13,14,15). The molecule has 1 fully saturated rings. The average molecular weight is 286 g/mol. The van der Waals surface area contributed by atoms with Crippen LogP contribution in [0.25, 0.3) is 0 Å². The number of aromatic nitrogens is 2. The van der Waals surface area contributed by atoms with Gasteiger partial charge in [-0.15, -0.1) is 0 Å². The van der Waals surface area contributed by atoms with Crippen LogP contribution >= 0.6 is 15.9 Å². The highest BCUT2D eigenvalue weighted by molar-refractivity contribution is 9.10. The third kappa shape index (κ3) is 2.92. The van der Waals surface area contributed by atoms with Crippen molar-refractivity contribution < 1.29 is 4.74 Å². The van der Waals surface area contributed by atoms with E-state index in [0.29, 0.717) is 12.0 Å². The van der Waals surface area contributed by atoms with Crippen molar-refractivity contribution >= 4 is 21.7 Å². The van der Waals surface area contributed by atoms with Gasteiger partial charge in [-0.3, -0.25) is 0 Å². The molecule has 2 unspecified atom stereocenters. The quantitative estimate of drug-likeness (QED) is 0.867. The van der Waals surface area contributed by atoms with Crippen molar-refractivity contribution in [1.82, 2.24) is 9.97 Å². The molecule has 2 atom stereocenters. The summed E-state index contributed by atoms with van der Waals surface area (Å²) >= 11 is 3.37. The third-order valence-corrected chi connectivity index (χ3v) is 3.26. The van der Waals surface area contributed by atoms with E-state index >= 15 is 0 Å². The SMILES string of the molecule is Cc1nc(Br)cc(NC(C)C2CCOC2)n1. The molecule has 16 heavy (non-hydrogen) atoms. The zero-order valence-electron chi connectivity index (χ0n) is 9.53. The molecular weight excluding hydrogens is 270 g/mol. The Morgan fingerprint density at radius 1 is 1.56 bits per heavy atom. The zero-order valence-corrected chi connectivity index (χ0v) is 11.1. The van der Waals surface area contributed by atoms with Gasteiger partial charge in [-0.05, 0) is 36.2 Å². The molecule has 0 saturated carbocycles. The fraction of sp³-hybridized carbons (Fsp3) is 0.636. The van der Waals surface area contributed by atoms with Gasteiger partial charge in [0.25, 0.3) is 0 Å². The van der Waals surface area contributed by atoms with Gasteiger partial charge in [-0.1, -0.05) is 0 Å². The first kappa shape index (κ1) is 11.8. The molecule has 4 nitrogen and oxygen atoms in total. The van der Waals surface area contributed by atoms with Crippen LogP contribution in [0.1, 0.15) is 19.2 Å². The van der Waals surface area contributed by atoms with Crippen LogP contribution in [-0.2, 0) is 4.74 Å². The van der Waals surface area contributed by atoms with E-state index in [9.17, 15) is 0 Å². The zero-order chi connectivity index (χ0) is 11.5. The molecule has 2 heterocycles. The molecule has 0 spiro atoms. The molecule has 0 amide bonds. The Hall–Kier alpha value is -0.680. The van der Waals surface area contributed by atoms with Gasteiger partial charge in [0, 0.05) is 24.6 Å². The Morgan fingerprint density at radius 2 is 2.38 bits per heavy atom. The smallest absolute Gasteiger partial charge is 0.131 e. The first-order valence-electron chi connectivity index (χ1n) is 5.50. The molecule has 88 valence electrons. The molecule has 0 aliphatic carbocycles. The Labute approximate surface area is 104 Å². The summed E-state index contributed by atoms with van der Waals surface area (Å²) in [5.74, 6) is 2.22. The van der Waals surface area contributed by atoms with E-state index in [1.54, 1.807) is 0 Å². The molecule has 2 rings (SSSR count). The Kier molecular flexibility index (Phi) is 3.76. The van der Waals surface area contributed by atoms with Crippen molar-refractivity contribution in [3.8, 4) is 0 Å². The van der Waals surface area contributed by atoms with Crippen LogP contribution in [0, 0.1) is 12.8 Å². The topological polar surface area (TPSA) is 47.0 Å². The Morgan fingerprint density at radius 3 is 3.00 bits per heavy atom. The normalized spacial score (nSPS) is 22.1. The molecule has 5 heteroatoms. The van der Waals surface area contributed by atoms with Crippen LogP contribution in [0.15, 0.2) is 10.7 Å². The molecule has 0 radical (unpaired) electrons. The molecule has 1 saturated heterocycles. The largest absolute Gasteiger partial charge is 0.381 e. The van der Waals surface area contributed by atoms with E-state index in [1.807, 2.05) is 13.0 Å². The highest BCUT2D eigenvalue weighted by Crippen LogP contribution is 2.20. The van der Waals surface area contributed by atoms with Gasteiger partial charge < -0.3 is 10.1 Å². The maximum atomic E-state index is 5.38. The van der Waals surface area contributed by atoms with E-state index in [2.05, 4.69) is 38.1 Å². The number of hydrogen-bond acceptors (Lipinski definition) is 4. The maximum Gasteiger partial charge on any atom is 0.131 e. The molecule has 0 bridgehead atoms. The number of nitrogens with one attached hydrogen (secondary N) is 1. The van der Waals surface area contributed by atoms with Crippen molar-refractivity contribution in [1.29, 1.82) is 0 Å². The van der Waals surface area contributed by atoms with Crippen LogP contribution in [-0.4, -0.2) is 29.2 Å². The van der Waals surface area contributed by atoms with E-state index in [0.717, 1.165) is 35.9 Å². The average Bonchev–Trinajstić information content (AvgIpc) is 2.68. The summed E-state index contributed by atoms with van der Waals surface area (Å²) in [5.41, 5.74) is 0. The summed E-state index contributed by atoms with van der Waals surface area (Å²) in [5, 5.41) is 3.40. The van der Waals surface area contributed by atoms with Crippen LogP contribution in [0.4, 0.5) is 5.82 Å². The molecule has 1 N–H and O–H groups in total. The van der Waals surface area contributed by atoms with Crippen LogP contribution < -0.4 is 5.32 Å². The maximum absolute atomic E-state index is 5.38. The van der Waals surface area contributed by atoms with Gasteiger partial charge in [-0.2, -0.15) is 0 Å². The summed E-state index contributed by atoms with van der Waals surface area (Å²) in [7, 11) is 0. The summed E-state index contributed by atoms with van der Waals surface area (Å²) in [6.07, 6.45) is 1.12. The highest BCUT2D eigenvalue weighted by atomic mass is 79.9. The van der Waals surface area contributed by atoms with Gasteiger partial charge in [0.05, 0.1) is 6.61 Å². The molecule has 1 aromatic rings. The second-order valence-electron chi connectivity index (χ2n) is 4.18. The Bertz CT molecular complexity index is 346. The first-order chi connectivity index (χ1) is 7.65. The number of ether oxygens (including phenoxy) is 1. The lowest BCUT2D eigenvalue weighted by Crippen LogP contribution is -2.26. The van der Waals surface area contributed by atoms with Crippen molar-refractivity contribution in [3.63, 3.8) is 0 Å². The second-order valence-corrected chi connectivity index (χ2v) is 4.99. The second kappa shape index (κ2) is 5.10. The molecule has 1 aliphatic heterocycles. The minimum atomic E-state index is 0.378. The predicted molar refractivity (Wildman–Crippen MR) is 66.5 cm³/mol.